The van der Waals surface area contributed by atoms with Gasteiger partial charge in [-0.2, -0.15) is 0 Å². The molecule has 142 valence electrons. The summed E-state index contributed by atoms with van der Waals surface area (Å²) in [4.78, 5) is 2.48. The van der Waals surface area contributed by atoms with Crippen molar-refractivity contribution >= 4 is 22.5 Å². The van der Waals surface area contributed by atoms with Crippen LogP contribution in [0.15, 0.2) is 36.4 Å². The van der Waals surface area contributed by atoms with E-state index in [1.165, 1.54) is 22.4 Å². The van der Waals surface area contributed by atoms with Crippen molar-refractivity contribution in [1.82, 2.24) is 9.47 Å². The summed E-state index contributed by atoms with van der Waals surface area (Å²) >= 11 is 6.01. The van der Waals surface area contributed by atoms with Gasteiger partial charge in [0.2, 0.25) is 0 Å². The molecule has 0 saturated heterocycles. The zero-order chi connectivity index (χ0) is 19.1. The molecule has 1 aliphatic heterocycles. The number of nitrogens with zero attached hydrogens (tertiary/aromatic N) is 2. The third kappa shape index (κ3) is 3.28. The molecule has 4 heteroatoms. The van der Waals surface area contributed by atoms with Gasteiger partial charge in [-0.3, -0.25) is 4.90 Å². The van der Waals surface area contributed by atoms with Gasteiger partial charge >= 0.3 is 0 Å². The second-order valence-electron chi connectivity index (χ2n) is 7.66. The number of likely N-dealkylation sites (N-methyl/N-ethyl adjacent to an activating group) is 1. The van der Waals surface area contributed by atoms with Gasteiger partial charge in [0.25, 0.3) is 0 Å². The second kappa shape index (κ2) is 7.29. The minimum absolute atomic E-state index is 0.114. The van der Waals surface area contributed by atoms with Crippen molar-refractivity contribution in [1.29, 1.82) is 0 Å². The molecule has 0 amide bonds. The first-order valence-corrected chi connectivity index (χ1v) is 10.1. The SMILES string of the molecule is CCN1Cc2c(n(CCc3ccc(Cl)cc3)c3c(F)ccc(C)c23)CC1C. The summed E-state index contributed by atoms with van der Waals surface area (Å²) < 4.78 is 17.2. The van der Waals surface area contributed by atoms with E-state index in [1.807, 2.05) is 18.2 Å². The average molecular weight is 385 g/mol. The highest BCUT2D eigenvalue weighted by atomic mass is 35.5. The molecule has 3 aromatic rings. The zero-order valence-electron chi connectivity index (χ0n) is 16.2. The van der Waals surface area contributed by atoms with E-state index in [0.717, 1.165) is 48.4 Å². The molecule has 0 fully saturated rings. The maximum Gasteiger partial charge on any atom is 0.147 e. The molecule has 2 nitrogen and oxygen atoms in total. The van der Waals surface area contributed by atoms with Crippen LogP contribution < -0.4 is 0 Å². The van der Waals surface area contributed by atoms with Gasteiger partial charge in [0.15, 0.2) is 0 Å². The molecule has 1 aromatic heterocycles. The third-order valence-electron chi connectivity index (χ3n) is 6.00. The number of aromatic nitrogens is 1. The number of aryl methyl sites for hydroxylation is 3. The van der Waals surface area contributed by atoms with Crippen molar-refractivity contribution in [2.75, 3.05) is 6.54 Å². The van der Waals surface area contributed by atoms with Gasteiger partial charge in [-0.15, -0.1) is 0 Å². The Morgan fingerprint density at radius 3 is 2.59 bits per heavy atom. The van der Waals surface area contributed by atoms with Gasteiger partial charge in [0.1, 0.15) is 5.82 Å². The molecule has 27 heavy (non-hydrogen) atoms. The highest BCUT2D eigenvalue weighted by molar-refractivity contribution is 6.30. The number of rotatable bonds is 4. The van der Waals surface area contributed by atoms with Crippen LogP contribution in [-0.4, -0.2) is 22.1 Å². The Kier molecular flexibility index (Phi) is 5.00. The Bertz CT molecular complexity index is 974. The van der Waals surface area contributed by atoms with E-state index in [0.29, 0.717) is 6.04 Å². The normalized spacial score (nSPS) is 17.4. The fraction of sp³-hybridized carbons (Fsp3) is 0.391. The first kappa shape index (κ1) is 18.5. The predicted molar refractivity (Wildman–Crippen MR) is 111 cm³/mol. The first-order chi connectivity index (χ1) is 13.0. The van der Waals surface area contributed by atoms with Gasteiger partial charge < -0.3 is 4.57 Å². The number of hydrogen-bond acceptors (Lipinski definition) is 1. The van der Waals surface area contributed by atoms with E-state index in [4.69, 9.17) is 11.6 Å². The standard InChI is InChI=1S/C23H26ClFN2/c1-4-26-14-19-21(13-16(26)3)27(12-11-17-6-8-18(24)9-7-17)23-20(25)10-5-15(2)22(19)23/h5-10,16H,4,11-14H2,1-3H3. The molecule has 0 N–H and O–H groups in total. The van der Waals surface area contributed by atoms with Crippen molar-refractivity contribution in [2.45, 2.75) is 52.7 Å². The molecule has 2 heterocycles. The molecule has 0 spiro atoms. The fourth-order valence-electron chi connectivity index (χ4n) is 4.49. The van der Waals surface area contributed by atoms with Crippen molar-refractivity contribution in [2.24, 2.45) is 0 Å². The van der Waals surface area contributed by atoms with Crippen LogP contribution >= 0.6 is 11.6 Å². The molecular formula is C23H26ClFN2. The minimum Gasteiger partial charge on any atom is -0.341 e. The molecule has 0 saturated carbocycles. The van der Waals surface area contributed by atoms with E-state index in [-0.39, 0.29) is 5.82 Å². The lowest BCUT2D eigenvalue weighted by Gasteiger charge is -2.33. The highest BCUT2D eigenvalue weighted by Gasteiger charge is 2.29. The number of hydrogen-bond donors (Lipinski definition) is 0. The molecule has 1 aliphatic rings. The van der Waals surface area contributed by atoms with Crippen LogP contribution in [0.5, 0.6) is 0 Å². The molecule has 2 aromatic carbocycles. The zero-order valence-corrected chi connectivity index (χ0v) is 17.0. The van der Waals surface area contributed by atoms with Gasteiger partial charge in [-0.25, -0.2) is 4.39 Å². The van der Waals surface area contributed by atoms with E-state index < -0.39 is 0 Å². The molecule has 1 atom stereocenters. The molecule has 0 radical (unpaired) electrons. The maximum atomic E-state index is 14.9. The summed E-state index contributed by atoms with van der Waals surface area (Å²) in [5.74, 6) is -0.114. The number of fused-ring (bicyclic) bond motifs is 3. The molecule has 0 bridgehead atoms. The Balaban J connectivity index is 1.81. The largest absolute Gasteiger partial charge is 0.341 e. The third-order valence-corrected chi connectivity index (χ3v) is 6.25. The highest BCUT2D eigenvalue weighted by Crippen LogP contribution is 2.36. The average Bonchev–Trinajstić information content (AvgIpc) is 2.98. The van der Waals surface area contributed by atoms with E-state index >= 15 is 0 Å². The lowest BCUT2D eigenvalue weighted by Crippen LogP contribution is -2.38. The van der Waals surface area contributed by atoms with Crippen LogP contribution in [0.2, 0.25) is 5.02 Å². The van der Waals surface area contributed by atoms with Crippen LogP contribution in [0.3, 0.4) is 0 Å². The lowest BCUT2D eigenvalue weighted by molar-refractivity contribution is 0.192. The van der Waals surface area contributed by atoms with Crippen LogP contribution in [0.4, 0.5) is 4.39 Å². The van der Waals surface area contributed by atoms with Crippen LogP contribution in [-0.2, 0) is 25.9 Å². The van der Waals surface area contributed by atoms with Gasteiger partial charge in [0.05, 0.1) is 5.52 Å². The van der Waals surface area contributed by atoms with E-state index in [2.05, 4.69) is 42.4 Å². The van der Waals surface area contributed by atoms with Crippen molar-refractivity contribution in [3.8, 4) is 0 Å². The maximum absolute atomic E-state index is 14.9. The topological polar surface area (TPSA) is 8.17 Å². The Labute approximate surface area is 165 Å². The summed E-state index contributed by atoms with van der Waals surface area (Å²) in [5, 5.41) is 1.86. The number of halogens is 2. The van der Waals surface area contributed by atoms with Crippen LogP contribution in [0, 0.1) is 12.7 Å². The predicted octanol–water partition coefficient (Wildman–Crippen LogP) is 5.75. The van der Waals surface area contributed by atoms with Gasteiger partial charge in [-0.05, 0) is 61.7 Å². The van der Waals surface area contributed by atoms with Crippen molar-refractivity contribution < 1.29 is 4.39 Å². The molecule has 4 rings (SSSR count). The fourth-order valence-corrected chi connectivity index (χ4v) is 4.61. The first-order valence-electron chi connectivity index (χ1n) is 9.77. The number of benzene rings is 2. The Hall–Kier alpha value is -1.84. The van der Waals surface area contributed by atoms with E-state index in [1.54, 1.807) is 6.07 Å². The van der Waals surface area contributed by atoms with E-state index in [9.17, 15) is 4.39 Å². The lowest BCUT2D eigenvalue weighted by atomic mass is 9.97. The summed E-state index contributed by atoms with van der Waals surface area (Å²) in [6, 6.07) is 12.0. The van der Waals surface area contributed by atoms with Crippen molar-refractivity contribution in [3.05, 3.63) is 69.6 Å². The van der Waals surface area contributed by atoms with Crippen LogP contribution in [0.1, 0.15) is 36.2 Å². The summed E-state index contributed by atoms with van der Waals surface area (Å²) in [7, 11) is 0. The Morgan fingerprint density at radius 1 is 1.15 bits per heavy atom. The second-order valence-corrected chi connectivity index (χ2v) is 8.09. The van der Waals surface area contributed by atoms with Crippen LogP contribution in [0.25, 0.3) is 10.9 Å². The smallest absolute Gasteiger partial charge is 0.147 e. The Morgan fingerprint density at radius 2 is 1.89 bits per heavy atom. The summed E-state index contributed by atoms with van der Waals surface area (Å²) in [6.45, 7) is 9.28. The summed E-state index contributed by atoms with van der Waals surface area (Å²) in [5.41, 5.74) is 5.79. The molecule has 0 aliphatic carbocycles. The van der Waals surface area contributed by atoms with Crippen molar-refractivity contribution in [3.63, 3.8) is 0 Å². The summed E-state index contributed by atoms with van der Waals surface area (Å²) in [6.07, 6.45) is 1.84. The molecule has 1 unspecified atom stereocenters. The van der Waals surface area contributed by atoms with Gasteiger partial charge in [0, 0.05) is 41.7 Å². The monoisotopic (exact) mass is 384 g/mol. The minimum atomic E-state index is -0.114. The quantitative estimate of drug-likeness (QED) is 0.555. The molecular weight excluding hydrogens is 359 g/mol. The van der Waals surface area contributed by atoms with Gasteiger partial charge in [-0.1, -0.05) is 36.7 Å².